The maximum Gasteiger partial charge on any atom is 0.311 e. The minimum absolute atomic E-state index is 0.000741. The van der Waals surface area contributed by atoms with E-state index in [9.17, 15) is 10.1 Å². The summed E-state index contributed by atoms with van der Waals surface area (Å²) in [5, 5.41) is 14.6. The van der Waals surface area contributed by atoms with E-state index in [0.717, 1.165) is 25.1 Å². The molecular weight excluding hydrogens is 342 g/mol. The van der Waals surface area contributed by atoms with Crippen LogP contribution in [-0.4, -0.2) is 35.1 Å². The number of nitro groups is 1. The highest BCUT2D eigenvalue weighted by molar-refractivity contribution is 5.58. The quantitative estimate of drug-likeness (QED) is 0.612. The van der Waals surface area contributed by atoms with E-state index in [1.165, 1.54) is 31.6 Å². The number of piperidine rings is 1. The predicted octanol–water partition coefficient (Wildman–Crippen LogP) is 4.21. The lowest BCUT2D eigenvalue weighted by molar-refractivity contribution is -0.385. The van der Waals surface area contributed by atoms with Crippen LogP contribution in [-0.2, 0) is 6.54 Å². The number of hydrogen-bond donors (Lipinski definition) is 1. The van der Waals surface area contributed by atoms with Crippen LogP contribution in [0.4, 0.5) is 11.4 Å². The Bertz CT molecular complexity index is 798. The fourth-order valence-corrected chi connectivity index (χ4v) is 4.60. The summed E-state index contributed by atoms with van der Waals surface area (Å²) >= 11 is 0. The van der Waals surface area contributed by atoms with Gasteiger partial charge in [-0.2, -0.15) is 0 Å². The van der Waals surface area contributed by atoms with Gasteiger partial charge in [0.25, 0.3) is 0 Å². The first kappa shape index (κ1) is 17.8. The summed E-state index contributed by atoms with van der Waals surface area (Å²) in [6.45, 7) is 1.02. The van der Waals surface area contributed by atoms with Gasteiger partial charge in [0.2, 0.25) is 0 Å². The average Bonchev–Trinajstić information content (AvgIpc) is 2.90. The number of benzene rings is 2. The number of methoxy groups -OCH3 is 1. The zero-order valence-electron chi connectivity index (χ0n) is 15.5. The van der Waals surface area contributed by atoms with Gasteiger partial charge in [-0.25, -0.2) is 0 Å². The topological polar surface area (TPSA) is 67.6 Å². The third-order valence-corrected chi connectivity index (χ3v) is 5.84. The molecule has 6 heteroatoms. The molecule has 2 aliphatic rings. The highest BCUT2D eigenvalue weighted by Crippen LogP contribution is 2.38. The van der Waals surface area contributed by atoms with Gasteiger partial charge in [-0.05, 0) is 37.3 Å². The second-order valence-electron chi connectivity index (χ2n) is 7.50. The van der Waals surface area contributed by atoms with Crippen LogP contribution in [0.2, 0.25) is 0 Å². The van der Waals surface area contributed by atoms with Gasteiger partial charge in [0, 0.05) is 42.5 Å². The summed E-state index contributed by atoms with van der Waals surface area (Å²) in [5.74, 6) is 0.300. The van der Waals surface area contributed by atoms with E-state index in [4.69, 9.17) is 4.74 Å². The predicted molar refractivity (Wildman–Crippen MR) is 105 cm³/mol. The molecule has 4 rings (SSSR count). The molecule has 2 heterocycles. The van der Waals surface area contributed by atoms with E-state index >= 15 is 0 Å². The minimum atomic E-state index is -0.412. The SMILES string of the molecule is COc1cc(NC2CC3CCC(C2)N3Cc2ccccc2)ccc1[N+](=O)[O-]. The molecule has 0 amide bonds. The Morgan fingerprint density at radius 3 is 2.48 bits per heavy atom. The lowest BCUT2D eigenvalue weighted by atomic mass is 9.96. The molecule has 2 atom stereocenters. The molecule has 0 aromatic heterocycles. The van der Waals surface area contributed by atoms with Crippen LogP contribution in [0.3, 0.4) is 0 Å². The maximum atomic E-state index is 11.1. The van der Waals surface area contributed by atoms with Gasteiger partial charge in [-0.3, -0.25) is 15.0 Å². The largest absolute Gasteiger partial charge is 0.490 e. The summed E-state index contributed by atoms with van der Waals surface area (Å²) in [6, 6.07) is 17.3. The molecule has 0 aliphatic carbocycles. The summed E-state index contributed by atoms with van der Waals surface area (Å²) < 4.78 is 5.18. The fourth-order valence-electron chi connectivity index (χ4n) is 4.60. The van der Waals surface area contributed by atoms with Crippen molar-refractivity contribution in [3.8, 4) is 5.75 Å². The summed E-state index contributed by atoms with van der Waals surface area (Å²) in [4.78, 5) is 13.3. The van der Waals surface area contributed by atoms with Gasteiger partial charge in [0.1, 0.15) is 0 Å². The van der Waals surface area contributed by atoms with Crippen LogP contribution >= 0.6 is 0 Å². The van der Waals surface area contributed by atoms with Crippen LogP contribution in [0.15, 0.2) is 48.5 Å². The van der Waals surface area contributed by atoms with Crippen molar-refractivity contribution in [1.29, 1.82) is 0 Å². The molecule has 27 heavy (non-hydrogen) atoms. The van der Waals surface area contributed by atoms with Crippen molar-refractivity contribution in [3.63, 3.8) is 0 Å². The van der Waals surface area contributed by atoms with Crippen LogP contribution in [0.1, 0.15) is 31.2 Å². The molecule has 2 aromatic carbocycles. The Morgan fingerprint density at radius 2 is 1.85 bits per heavy atom. The van der Waals surface area contributed by atoms with Gasteiger partial charge in [0.15, 0.2) is 5.75 Å². The van der Waals surface area contributed by atoms with Crippen molar-refractivity contribution in [2.45, 2.75) is 50.4 Å². The molecule has 2 aromatic rings. The van der Waals surface area contributed by atoms with Crippen LogP contribution in [0.25, 0.3) is 0 Å². The number of ether oxygens (including phenoxy) is 1. The maximum absolute atomic E-state index is 11.1. The first-order valence-corrected chi connectivity index (χ1v) is 9.52. The van der Waals surface area contributed by atoms with E-state index in [-0.39, 0.29) is 5.69 Å². The molecule has 1 N–H and O–H groups in total. The Morgan fingerprint density at radius 1 is 1.15 bits per heavy atom. The number of nitrogens with one attached hydrogen (secondary N) is 1. The van der Waals surface area contributed by atoms with Gasteiger partial charge in [0.05, 0.1) is 12.0 Å². The van der Waals surface area contributed by atoms with E-state index < -0.39 is 4.92 Å². The van der Waals surface area contributed by atoms with Crippen molar-refractivity contribution in [1.82, 2.24) is 4.90 Å². The molecule has 6 nitrogen and oxygen atoms in total. The molecule has 2 fully saturated rings. The van der Waals surface area contributed by atoms with Gasteiger partial charge < -0.3 is 10.1 Å². The lowest BCUT2D eigenvalue weighted by Crippen LogP contribution is -2.46. The van der Waals surface area contributed by atoms with Crippen LogP contribution < -0.4 is 10.1 Å². The molecule has 0 radical (unpaired) electrons. The number of anilines is 1. The van der Waals surface area contributed by atoms with Crippen molar-refractivity contribution in [2.75, 3.05) is 12.4 Å². The fraction of sp³-hybridized carbons (Fsp3) is 0.429. The molecule has 2 bridgehead atoms. The Kier molecular flexibility index (Phi) is 4.99. The van der Waals surface area contributed by atoms with E-state index in [1.807, 2.05) is 0 Å². The summed E-state index contributed by atoms with van der Waals surface area (Å²) in [6.07, 6.45) is 4.70. The van der Waals surface area contributed by atoms with Crippen LogP contribution in [0.5, 0.6) is 5.75 Å². The Hall–Kier alpha value is -2.60. The van der Waals surface area contributed by atoms with Crippen molar-refractivity contribution < 1.29 is 9.66 Å². The van der Waals surface area contributed by atoms with E-state index in [2.05, 4.69) is 40.5 Å². The molecule has 0 saturated carbocycles. The Balaban J connectivity index is 1.42. The molecule has 142 valence electrons. The van der Waals surface area contributed by atoms with E-state index in [0.29, 0.717) is 23.9 Å². The molecule has 2 saturated heterocycles. The van der Waals surface area contributed by atoms with Crippen molar-refractivity contribution in [2.24, 2.45) is 0 Å². The molecule has 2 aliphatic heterocycles. The monoisotopic (exact) mass is 367 g/mol. The smallest absolute Gasteiger partial charge is 0.311 e. The zero-order valence-corrected chi connectivity index (χ0v) is 15.5. The number of fused-ring (bicyclic) bond motifs is 2. The van der Waals surface area contributed by atoms with Crippen molar-refractivity contribution in [3.05, 3.63) is 64.2 Å². The first-order chi connectivity index (χ1) is 13.1. The zero-order chi connectivity index (χ0) is 18.8. The van der Waals surface area contributed by atoms with Gasteiger partial charge in [-0.15, -0.1) is 0 Å². The molecular formula is C21H25N3O3. The third kappa shape index (κ3) is 3.76. The minimum Gasteiger partial charge on any atom is -0.490 e. The average molecular weight is 367 g/mol. The van der Waals surface area contributed by atoms with Crippen LogP contribution in [0, 0.1) is 10.1 Å². The molecule has 0 spiro atoms. The standard InChI is InChI=1S/C21H25N3O3/c1-27-21-13-16(7-10-20(21)24(25)26)22-17-11-18-8-9-19(12-17)23(18)14-15-5-3-2-4-6-15/h2-7,10,13,17-19,22H,8-9,11-12,14H2,1H3. The summed E-state index contributed by atoms with van der Waals surface area (Å²) in [7, 11) is 1.47. The normalized spacial score (nSPS) is 24.6. The van der Waals surface area contributed by atoms with Crippen molar-refractivity contribution >= 4 is 11.4 Å². The highest BCUT2D eigenvalue weighted by atomic mass is 16.6. The van der Waals surface area contributed by atoms with Gasteiger partial charge >= 0.3 is 5.69 Å². The molecule has 2 unspecified atom stereocenters. The number of nitro benzene ring substituents is 1. The third-order valence-electron chi connectivity index (χ3n) is 5.84. The number of nitrogens with zero attached hydrogens (tertiary/aromatic N) is 2. The number of rotatable bonds is 6. The van der Waals surface area contributed by atoms with Gasteiger partial charge in [-0.1, -0.05) is 30.3 Å². The lowest BCUT2D eigenvalue weighted by Gasteiger charge is -2.39. The Labute approximate surface area is 159 Å². The second-order valence-corrected chi connectivity index (χ2v) is 7.50. The number of hydrogen-bond acceptors (Lipinski definition) is 5. The second kappa shape index (κ2) is 7.56. The van der Waals surface area contributed by atoms with E-state index in [1.54, 1.807) is 12.1 Å². The highest BCUT2D eigenvalue weighted by Gasteiger charge is 2.40. The summed E-state index contributed by atoms with van der Waals surface area (Å²) in [5.41, 5.74) is 2.26. The first-order valence-electron chi connectivity index (χ1n) is 9.52.